The van der Waals surface area contributed by atoms with Crippen LogP contribution in [0, 0.1) is 6.92 Å². The van der Waals surface area contributed by atoms with Crippen LogP contribution in [0.5, 0.6) is 0 Å². The van der Waals surface area contributed by atoms with Crippen molar-refractivity contribution in [3.63, 3.8) is 0 Å². The summed E-state index contributed by atoms with van der Waals surface area (Å²) < 4.78 is 0. The van der Waals surface area contributed by atoms with Gasteiger partial charge in [-0.3, -0.25) is 9.78 Å². The number of benzene rings is 1. The number of para-hydroxylation sites is 2. The Morgan fingerprint density at radius 1 is 1.24 bits per heavy atom. The van der Waals surface area contributed by atoms with Gasteiger partial charge >= 0.3 is 0 Å². The largest absolute Gasteiger partial charge is 0.354 e. The minimum atomic E-state index is -0.212. The molecule has 108 valence electrons. The van der Waals surface area contributed by atoms with Crippen LogP contribution in [0.2, 0.25) is 0 Å². The fraction of sp³-hybridized carbons (Fsp3) is 0.286. The van der Waals surface area contributed by atoms with Gasteiger partial charge in [-0.15, -0.1) is 10.2 Å². The standard InChI is InChI=1S/C14H16N6O/c1-9-13(21)18-14(20-19-9)15-8-4-7-12-16-10-5-2-3-6-11(10)17-12/h2-3,5-6H,4,7-8H2,1H3,(H,16,17)(H2,15,18,20,21)/p+1. The van der Waals surface area contributed by atoms with E-state index >= 15 is 0 Å². The summed E-state index contributed by atoms with van der Waals surface area (Å²) in [5.74, 6) is 1.49. The van der Waals surface area contributed by atoms with Gasteiger partial charge in [0.1, 0.15) is 5.69 Å². The fourth-order valence-corrected chi connectivity index (χ4v) is 2.13. The van der Waals surface area contributed by atoms with Gasteiger partial charge in [-0.2, -0.15) is 0 Å². The number of nitrogens with one attached hydrogen (secondary N) is 4. The number of aromatic nitrogens is 5. The topological polar surface area (TPSA) is 101 Å². The molecule has 0 atom stereocenters. The molecule has 3 rings (SSSR count). The maximum atomic E-state index is 11.4. The van der Waals surface area contributed by atoms with E-state index in [2.05, 4.69) is 30.5 Å². The average Bonchev–Trinajstić information content (AvgIpc) is 2.90. The van der Waals surface area contributed by atoms with Gasteiger partial charge in [-0.1, -0.05) is 12.1 Å². The van der Waals surface area contributed by atoms with Gasteiger partial charge in [-0.05, 0) is 25.5 Å². The zero-order valence-electron chi connectivity index (χ0n) is 11.7. The molecule has 0 aliphatic heterocycles. The van der Waals surface area contributed by atoms with Crippen LogP contribution in [0.4, 0.5) is 5.95 Å². The third-order valence-electron chi connectivity index (χ3n) is 3.25. The molecule has 4 N–H and O–H groups in total. The highest BCUT2D eigenvalue weighted by Crippen LogP contribution is 2.07. The Kier molecular flexibility index (Phi) is 3.63. The van der Waals surface area contributed by atoms with E-state index in [-0.39, 0.29) is 5.56 Å². The minimum absolute atomic E-state index is 0.212. The lowest BCUT2D eigenvalue weighted by Gasteiger charge is -2.02. The molecule has 0 saturated carbocycles. The van der Waals surface area contributed by atoms with Gasteiger partial charge in [0.2, 0.25) is 5.95 Å². The minimum Gasteiger partial charge on any atom is -0.354 e. The van der Waals surface area contributed by atoms with E-state index < -0.39 is 0 Å². The van der Waals surface area contributed by atoms with E-state index in [0.717, 1.165) is 29.7 Å². The maximum absolute atomic E-state index is 11.4. The molecular formula is C14H17N6O+. The molecule has 0 bridgehead atoms. The van der Waals surface area contributed by atoms with Gasteiger partial charge in [0.15, 0.2) is 11.0 Å². The molecule has 3 aromatic rings. The zero-order valence-corrected chi connectivity index (χ0v) is 11.7. The number of hydrogen-bond donors (Lipinski definition) is 3. The van der Waals surface area contributed by atoms with Crippen molar-refractivity contribution >= 4 is 17.0 Å². The second-order valence-electron chi connectivity index (χ2n) is 4.89. The third-order valence-corrected chi connectivity index (χ3v) is 3.25. The first kappa shape index (κ1) is 13.3. The van der Waals surface area contributed by atoms with E-state index in [4.69, 9.17) is 0 Å². The highest BCUT2D eigenvalue weighted by atomic mass is 16.1. The Labute approximate surface area is 120 Å². The summed E-state index contributed by atoms with van der Waals surface area (Å²) in [6, 6.07) is 8.09. The molecule has 2 heterocycles. The first-order valence-electron chi connectivity index (χ1n) is 6.89. The smallest absolute Gasteiger partial charge is 0.273 e. The maximum Gasteiger partial charge on any atom is 0.273 e. The van der Waals surface area contributed by atoms with Crippen molar-refractivity contribution in [1.82, 2.24) is 20.2 Å². The predicted molar refractivity (Wildman–Crippen MR) is 79.1 cm³/mol. The van der Waals surface area contributed by atoms with E-state index in [1.807, 2.05) is 24.3 Å². The van der Waals surface area contributed by atoms with Crippen LogP contribution < -0.4 is 15.9 Å². The van der Waals surface area contributed by atoms with Crippen LogP contribution >= 0.6 is 0 Å². The molecule has 7 nitrogen and oxygen atoms in total. The second kappa shape index (κ2) is 5.74. The van der Waals surface area contributed by atoms with Gasteiger partial charge < -0.3 is 5.32 Å². The van der Waals surface area contributed by atoms with Crippen molar-refractivity contribution in [2.75, 3.05) is 11.9 Å². The summed E-state index contributed by atoms with van der Waals surface area (Å²) in [5.41, 5.74) is 2.37. The predicted octanol–water partition coefficient (Wildman–Crippen LogP) is 0.813. The number of rotatable bonds is 5. The van der Waals surface area contributed by atoms with Crippen LogP contribution in [0.1, 0.15) is 17.9 Å². The van der Waals surface area contributed by atoms with Crippen molar-refractivity contribution in [2.24, 2.45) is 0 Å². The van der Waals surface area contributed by atoms with Crippen molar-refractivity contribution in [2.45, 2.75) is 19.8 Å². The second-order valence-corrected chi connectivity index (χ2v) is 4.89. The van der Waals surface area contributed by atoms with Crippen LogP contribution in [0.3, 0.4) is 0 Å². The molecule has 0 aliphatic rings. The molecular weight excluding hydrogens is 268 g/mol. The van der Waals surface area contributed by atoms with Crippen molar-refractivity contribution in [1.29, 1.82) is 0 Å². The summed E-state index contributed by atoms with van der Waals surface area (Å²) >= 11 is 0. The van der Waals surface area contributed by atoms with E-state index in [1.165, 1.54) is 0 Å². The summed E-state index contributed by atoms with van der Waals surface area (Å²) in [5, 5.41) is 10.7. The summed E-state index contributed by atoms with van der Waals surface area (Å²) in [6.45, 7) is 2.33. The molecule has 0 unspecified atom stereocenters. The van der Waals surface area contributed by atoms with Crippen LogP contribution in [-0.4, -0.2) is 26.7 Å². The van der Waals surface area contributed by atoms with Crippen LogP contribution in [-0.2, 0) is 6.42 Å². The Bertz CT molecular complexity index is 773. The number of fused-ring (bicyclic) bond motifs is 1. The number of nitrogens with zero attached hydrogens (tertiary/aromatic N) is 2. The number of imidazole rings is 1. The molecule has 2 aromatic heterocycles. The Morgan fingerprint density at radius 2 is 2.10 bits per heavy atom. The molecule has 0 aliphatic carbocycles. The van der Waals surface area contributed by atoms with E-state index in [0.29, 0.717) is 18.2 Å². The summed E-state index contributed by atoms with van der Waals surface area (Å²) in [4.78, 5) is 20.7. The lowest BCUT2D eigenvalue weighted by atomic mass is 10.3. The highest BCUT2D eigenvalue weighted by molar-refractivity contribution is 5.70. The van der Waals surface area contributed by atoms with Crippen molar-refractivity contribution in [3.8, 4) is 0 Å². The van der Waals surface area contributed by atoms with E-state index in [9.17, 15) is 4.79 Å². The van der Waals surface area contributed by atoms with Crippen molar-refractivity contribution in [3.05, 3.63) is 46.1 Å². The highest BCUT2D eigenvalue weighted by Gasteiger charge is 2.08. The van der Waals surface area contributed by atoms with E-state index in [1.54, 1.807) is 6.92 Å². The number of H-pyrrole nitrogens is 3. The molecule has 0 fully saturated rings. The monoisotopic (exact) mass is 285 g/mol. The fourth-order valence-electron chi connectivity index (χ4n) is 2.13. The van der Waals surface area contributed by atoms with Gasteiger partial charge in [0.25, 0.3) is 11.4 Å². The molecule has 0 amide bonds. The normalized spacial score (nSPS) is 10.9. The molecule has 7 heteroatoms. The first-order chi connectivity index (χ1) is 10.2. The molecule has 0 spiro atoms. The Balaban J connectivity index is 1.54. The number of aryl methyl sites for hydroxylation is 2. The van der Waals surface area contributed by atoms with Gasteiger partial charge in [0, 0.05) is 6.54 Å². The molecule has 1 aromatic carbocycles. The van der Waals surface area contributed by atoms with Crippen LogP contribution in [0.15, 0.2) is 29.1 Å². The Hall–Kier alpha value is -2.70. The van der Waals surface area contributed by atoms with Crippen molar-refractivity contribution < 1.29 is 4.98 Å². The first-order valence-corrected chi connectivity index (χ1v) is 6.89. The SMILES string of the molecule is Cc1nnc(NCCCc2[nH]c3ccccc3[nH+]2)[nH]c1=O. The van der Waals surface area contributed by atoms with Crippen LogP contribution in [0.25, 0.3) is 11.0 Å². The summed E-state index contributed by atoms with van der Waals surface area (Å²) in [7, 11) is 0. The number of hydrogen-bond acceptors (Lipinski definition) is 4. The summed E-state index contributed by atoms with van der Waals surface area (Å²) in [6.07, 6.45) is 1.78. The quantitative estimate of drug-likeness (QED) is 0.604. The molecule has 0 saturated heterocycles. The zero-order chi connectivity index (χ0) is 14.7. The third kappa shape index (κ3) is 3.07. The lowest BCUT2D eigenvalue weighted by molar-refractivity contribution is -0.357. The Morgan fingerprint density at radius 3 is 2.90 bits per heavy atom. The molecule has 21 heavy (non-hydrogen) atoms. The van der Waals surface area contributed by atoms with Gasteiger partial charge in [-0.25, -0.2) is 9.97 Å². The lowest BCUT2D eigenvalue weighted by Crippen LogP contribution is -2.18. The number of anilines is 1. The van der Waals surface area contributed by atoms with Gasteiger partial charge in [0.05, 0.1) is 6.42 Å². The molecule has 0 radical (unpaired) electrons. The average molecular weight is 285 g/mol. The number of aromatic amines is 3.